The van der Waals surface area contributed by atoms with E-state index in [0.717, 1.165) is 10.9 Å². The molecule has 4 aromatic rings. The van der Waals surface area contributed by atoms with Crippen molar-refractivity contribution in [3.8, 4) is 11.6 Å². The number of para-hydroxylation sites is 1. The molecule has 0 aliphatic rings. The van der Waals surface area contributed by atoms with E-state index in [0.29, 0.717) is 28.4 Å². The second kappa shape index (κ2) is 6.68. The number of pyridine rings is 1. The van der Waals surface area contributed by atoms with E-state index in [1.165, 1.54) is 0 Å². The Morgan fingerprint density at radius 1 is 1.04 bits per heavy atom. The highest BCUT2D eigenvalue weighted by Gasteiger charge is 2.11. The fourth-order valence-corrected chi connectivity index (χ4v) is 2.60. The molecule has 2 aromatic carbocycles. The maximum absolute atomic E-state index is 12.5. The molecule has 0 fully saturated rings. The third kappa shape index (κ3) is 3.25. The van der Waals surface area contributed by atoms with E-state index in [-0.39, 0.29) is 5.91 Å². The molecule has 2 heterocycles. The molecule has 0 atom stereocenters. The average Bonchev–Trinajstić information content (AvgIpc) is 3.14. The number of aromatic nitrogens is 3. The summed E-state index contributed by atoms with van der Waals surface area (Å²) in [5.74, 6) is 0.946. The molecule has 0 saturated carbocycles. The van der Waals surface area contributed by atoms with Gasteiger partial charge in [-0.2, -0.15) is 5.10 Å². The summed E-state index contributed by atoms with van der Waals surface area (Å²) < 4.78 is 5.69. The quantitative estimate of drug-likeness (QED) is 0.578. The zero-order valence-corrected chi connectivity index (χ0v) is 14.1. The standard InChI is InChI=1S/C20H16N4O2/c1-13-5-8-16(9-6-13)26-18-10-7-15(12-21-18)23-20(25)17-4-2-3-14-11-22-24-19(14)17/h2-12H,1H3,(H,22,24)(H,23,25). The zero-order chi connectivity index (χ0) is 17.9. The SMILES string of the molecule is Cc1ccc(Oc2ccc(NC(=O)c3cccc4cn[nH]c34)cn2)cc1. The van der Waals surface area contributed by atoms with Gasteiger partial charge in [0.25, 0.3) is 5.91 Å². The molecule has 0 spiro atoms. The molecule has 128 valence electrons. The molecule has 4 rings (SSSR count). The number of fused-ring (bicyclic) bond motifs is 1. The predicted molar refractivity (Wildman–Crippen MR) is 99.5 cm³/mol. The zero-order valence-electron chi connectivity index (χ0n) is 14.1. The van der Waals surface area contributed by atoms with Gasteiger partial charge in [-0.1, -0.05) is 29.8 Å². The van der Waals surface area contributed by atoms with Crippen LogP contribution >= 0.6 is 0 Å². The number of carbonyl (C=O) groups is 1. The Hall–Kier alpha value is -3.67. The number of carbonyl (C=O) groups excluding carboxylic acids is 1. The summed E-state index contributed by atoms with van der Waals surface area (Å²) in [6.45, 7) is 2.02. The highest BCUT2D eigenvalue weighted by molar-refractivity contribution is 6.11. The first-order chi connectivity index (χ1) is 12.7. The van der Waals surface area contributed by atoms with Gasteiger partial charge in [0.1, 0.15) is 5.75 Å². The maximum atomic E-state index is 12.5. The van der Waals surface area contributed by atoms with Crippen molar-refractivity contribution in [3.63, 3.8) is 0 Å². The minimum atomic E-state index is -0.228. The van der Waals surface area contributed by atoms with Crippen LogP contribution in [0.4, 0.5) is 5.69 Å². The molecule has 6 nitrogen and oxygen atoms in total. The van der Waals surface area contributed by atoms with Crippen molar-refractivity contribution in [3.05, 3.63) is 78.1 Å². The van der Waals surface area contributed by atoms with E-state index < -0.39 is 0 Å². The van der Waals surface area contributed by atoms with Crippen LogP contribution in [0.25, 0.3) is 10.9 Å². The third-order valence-electron chi connectivity index (χ3n) is 3.96. The highest BCUT2D eigenvalue weighted by Crippen LogP contribution is 2.22. The lowest BCUT2D eigenvalue weighted by molar-refractivity contribution is 0.102. The van der Waals surface area contributed by atoms with Crippen LogP contribution in [0.15, 0.2) is 67.0 Å². The Bertz CT molecular complexity index is 1050. The highest BCUT2D eigenvalue weighted by atomic mass is 16.5. The Kier molecular flexibility index (Phi) is 4.07. The number of aryl methyl sites for hydroxylation is 1. The fraction of sp³-hybridized carbons (Fsp3) is 0.0500. The largest absolute Gasteiger partial charge is 0.439 e. The van der Waals surface area contributed by atoms with Crippen LogP contribution in [-0.2, 0) is 0 Å². The number of ether oxygens (including phenoxy) is 1. The van der Waals surface area contributed by atoms with Crippen LogP contribution < -0.4 is 10.1 Å². The van der Waals surface area contributed by atoms with E-state index in [1.807, 2.05) is 43.3 Å². The Morgan fingerprint density at radius 2 is 1.88 bits per heavy atom. The van der Waals surface area contributed by atoms with Gasteiger partial charge in [-0.15, -0.1) is 0 Å². The third-order valence-corrected chi connectivity index (χ3v) is 3.96. The number of benzene rings is 2. The van der Waals surface area contributed by atoms with E-state index in [4.69, 9.17) is 4.74 Å². The van der Waals surface area contributed by atoms with E-state index in [2.05, 4.69) is 20.5 Å². The van der Waals surface area contributed by atoms with E-state index >= 15 is 0 Å². The minimum Gasteiger partial charge on any atom is -0.439 e. The van der Waals surface area contributed by atoms with Gasteiger partial charge in [0.15, 0.2) is 0 Å². The first-order valence-corrected chi connectivity index (χ1v) is 8.13. The summed E-state index contributed by atoms with van der Waals surface area (Å²) in [5, 5.41) is 10.5. The lowest BCUT2D eigenvalue weighted by Gasteiger charge is -2.08. The molecule has 2 N–H and O–H groups in total. The van der Waals surface area contributed by atoms with Crippen molar-refractivity contribution in [2.45, 2.75) is 6.92 Å². The number of anilines is 1. The van der Waals surface area contributed by atoms with E-state index in [1.54, 1.807) is 30.6 Å². The van der Waals surface area contributed by atoms with Crippen LogP contribution in [0.5, 0.6) is 11.6 Å². The van der Waals surface area contributed by atoms with Crippen molar-refractivity contribution in [1.82, 2.24) is 15.2 Å². The lowest BCUT2D eigenvalue weighted by atomic mass is 10.1. The van der Waals surface area contributed by atoms with Crippen LogP contribution in [0.3, 0.4) is 0 Å². The molecule has 6 heteroatoms. The van der Waals surface area contributed by atoms with Crippen molar-refractivity contribution in [2.75, 3.05) is 5.32 Å². The summed E-state index contributed by atoms with van der Waals surface area (Å²) in [6, 6.07) is 16.7. The van der Waals surface area contributed by atoms with E-state index in [9.17, 15) is 4.79 Å². The minimum absolute atomic E-state index is 0.228. The van der Waals surface area contributed by atoms with Crippen molar-refractivity contribution in [1.29, 1.82) is 0 Å². The predicted octanol–water partition coefficient (Wildman–Crippen LogP) is 4.31. The van der Waals surface area contributed by atoms with Crippen molar-refractivity contribution in [2.24, 2.45) is 0 Å². The van der Waals surface area contributed by atoms with Gasteiger partial charge in [-0.3, -0.25) is 9.89 Å². The molecule has 0 bridgehead atoms. The van der Waals surface area contributed by atoms with Gasteiger partial charge in [0.2, 0.25) is 5.88 Å². The summed E-state index contributed by atoms with van der Waals surface area (Å²) >= 11 is 0. The molecule has 26 heavy (non-hydrogen) atoms. The Labute approximate surface area is 149 Å². The number of rotatable bonds is 4. The Balaban J connectivity index is 1.48. The number of H-pyrrole nitrogens is 1. The van der Waals surface area contributed by atoms with Crippen molar-refractivity contribution < 1.29 is 9.53 Å². The van der Waals surface area contributed by atoms with Gasteiger partial charge in [-0.25, -0.2) is 4.98 Å². The number of aromatic amines is 1. The molecular formula is C20H16N4O2. The summed E-state index contributed by atoms with van der Waals surface area (Å²) in [7, 11) is 0. The molecule has 0 saturated heterocycles. The van der Waals surface area contributed by atoms with Crippen LogP contribution in [0, 0.1) is 6.92 Å². The average molecular weight is 344 g/mol. The number of hydrogen-bond acceptors (Lipinski definition) is 4. The maximum Gasteiger partial charge on any atom is 0.257 e. The summed E-state index contributed by atoms with van der Waals surface area (Å²) in [5.41, 5.74) is 2.98. The second-order valence-corrected chi connectivity index (χ2v) is 5.89. The normalized spacial score (nSPS) is 10.7. The molecule has 1 amide bonds. The second-order valence-electron chi connectivity index (χ2n) is 5.89. The Morgan fingerprint density at radius 3 is 2.65 bits per heavy atom. The van der Waals surface area contributed by atoms with Gasteiger partial charge in [-0.05, 0) is 31.2 Å². The van der Waals surface area contributed by atoms with Gasteiger partial charge in [0, 0.05) is 11.5 Å². The molecule has 0 radical (unpaired) electrons. The van der Waals surface area contributed by atoms with Crippen LogP contribution in [-0.4, -0.2) is 21.1 Å². The molecule has 0 unspecified atom stereocenters. The molecular weight excluding hydrogens is 328 g/mol. The first kappa shape index (κ1) is 15.8. The lowest BCUT2D eigenvalue weighted by Crippen LogP contribution is -2.12. The van der Waals surface area contributed by atoms with Crippen LogP contribution in [0.1, 0.15) is 15.9 Å². The number of nitrogens with one attached hydrogen (secondary N) is 2. The number of nitrogens with zero attached hydrogens (tertiary/aromatic N) is 2. The number of amides is 1. The number of hydrogen-bond donors (Lipinski definition) is 2. The van der Waals surface area contributed by atoms with Gasteiger partial charge >= 0.3 is 0 Å². The molecule has 0 aliphatic heterocycles. The van der Waals surface area contributed by atoms with Gasteiger partial charge < -0.3 is 10.1 Å². The summed E-state index contributed by atoms with van der Waals surface area (Å²) in [6.07, 6.45) is 3.25. The first-order valence-electron chi connectivity index (χ1n) is 8.13. The topological polar surface area (TPSA) is 79.9 Å². The van der Waals surface area contributed by atoms with Crippen LogP contribution in [0.2, 0.25) is 0 Å². The molecule has 2 aromatic heterocycles. The molecule has 0 aliphatic carbocycles. The monoisotopic (exact) mass is 344 g/mol. The smallest absolute Gasteiger partial charge is 0.257 e. The van der Waals surface area contributed by atoms with Gasteiger partial charge in [0.05, 0.1) is 29.2 Å². The summed E-state index contributed by atoms with van der Waals surface area (Å²) in [4.78, 5) is 16.8. The fourth-order valence-electron chi connectivity index (χ4n) is 2.60. The van der Waals surface area contributed by atoms with Crippen molar-refractivity contribution >= 4 is 22.5 Å².